The van der Waals surface area contributed by atoms with Gasteiger partial charge in [0.05, 0.1) is 12.2 Å². The third-order valence-corrected chi connectivity index (χ3v) is 2.75. The van der Waals surface area contributed by atoms with Crippen molar-refractivity contribution in [3.63, 3.8) is 0 Å². The van der Waals surface area contributed by atoms with Crippen LogP contribution in [0.15, 0.2) is 24.3 Å². The molecule has 0 aliphatic rings. The first-order valence-corrected chi connectivity index (χ1v) is 5.82. The molecule has 0 radical (unpaired) electrons. The molecule has 2 aromatic rings. The van der Waals surface area contributed by atoms with Gasteiger partial charge in [0.2, 0.25) is 0 Å². The van der Waals surface area contributed by atoms with Crippen molar-refractivity contribution >= 4 is 5.82 Å². The van der Waals surface area contributed by atoms with Crippen molar-refractivity contribution in [3.05, 3.63) is 41.3 Å². The molecular formula is C13H17FN4. The summed E-state index contributed by atoms with van der Waals surface area (Å²) in [7, 11) is 0. The third kappa shape index (κ3) is 2.34. The zero-order valence-electron chi connectivity index (χ0n) is 10.8. The van der Waals surface area contributed by atoms with Gasteiger partial charge < -0.3 is 5.73 Å². The van der Waals surface area contributed by atoms with E-state index in [1.807, 2.05) is 20.8 Å². The van der Waals surface area contributed by atoms with E-state index in [1.165, 1.54) is 6.07 Å². The van der Waals surface area contributed by atoms with Crippen LogP contribution in [0.2, 0.25) is 0 Å². The van der Waals surface area contributed by atoms with E-state index in [1.54, 1.807) is 22.9 Å². The number of aromatic nitrogens is 3. The minimum absolute atomic E-state index is 0.182. The minimum atomic E-state index is -0.244. The molecule has 0 atom stereocenters. The van der Waals surface area contributed by atoms with Gasteiger partial charge in [-0.15, -0.1) is 5.10 Å². The lowest BCUT2D eigenvalue weighted by atomic mass is 9.91. The molecule has 0 saturated carbocycles. The number of nitrogens with zero attached hydrogens (tertiary/aromatic N) is 3. The Balaban J connectivity index is 2.39. The molecule has 0 aliphatic heterocycles. The second-order valence-corrected chi connectivity index (χ2v) is 5.32. The molecule has 0 aliphatic carbocycles. The zero-order valence-corrected chi connectivity index (χ0v) is 10.8. The molecule has 0 bridgehead atoms. The second kappa shape index (κ2) is 4.40. The fourth-order valence-corrected chi connectivity index (χ4v) is 2.00. The molecule has 1 aromatic heterocycles. The van der Waals surface area contributed by atoms with Gasteiger partial charge in [-0.3, -0.25) is 0 Å². The van der Waals surface area contributed by atoms with Crippen molar-refractivity contribution in [2.24, 2.45) is 0 Å². The molecule has 2 rings (SSSR count). The summed E-state index contributed by atoms with van der Waals surface area (Å²) >= 11 is 0. The van der Waals surface area contributed by atoms with E-state index in [0.717, 1.165) is 5.69 Å². The first kappa shape index (κ1) is 12.5. The lowest BCUT2D eigenvalue weighted by Gasteiger charge is -2.20. The van der Waals surface area contributed by atoms with Crippen LogP contribution >= 0.6 is 0 Å². The normalized spacial score (nSPS) is 11.8. The molecular weight excluding hydrogens is 231 g/mol. The van der Waals surface area contributed by atoms with Crippen LogP contribution in [0.1, 0.15) is 32.0 Å². The van der Waals surface area contributed by atoms with Crippen molar-refractivity contribution in [3.8, 4) is 0 Å². The first-order valence-electron chi connectivity index (χ1n) is 5.82. The molecule has 4 nitrogen and oxygen atoms in total. The molecule has 0 spiro atoms. The average Bonchev–Trinajstić information content (AvgIpc) is 2.62. The van der Waals surface area contributed by atoms with Crippen LogP contribution < -0.4 is 5.73 Å². The van der Waals surface area contributed by atoms with Crippen LogP contribution in [0.5, 0.6) is 0 Å². The Labute approximate surface area is 106 Å². The third-order valence-electron chi connectivity index (χ3n) is 2.75. The number of nitrogen functional groups attached to an aromatic ring is 1. The average molecular weight is 248 g/mol. The predicted molar refractivity (Wildman–Crippen MR) is 68.6 cm³/mol. The maximum Gasteiger partial charge on any atom is 0.169 e. The Morgan fingerprint density at radius 3 is 2.56 bits per heavy atom. The summed E-state index contributed by atoms with van der Waals surface area (Å²) in [6.07, 6.45) is 0. The Morgan fingerprint density at radius 2 is 1.94 bits per heavy atom. The van der Waals surface area contributed by atoms with E-state index in [2.05, 4.69) is 10.3 Å². The fraction of sp³-hybridized carbons (Fsp3) is 0.385. The van der Waals surface area contributed by atoms with Gasteiger partial charge in [0.1, 0.15) is 5.82 Å². The van der Waals surface area contributed by atoms with Crippen LogP contribution in [0, 0.1) is 5.82 Å². The van der Waals surface area contributed by atoms with Crippen molar-refractivity contribution in [2.45, 2.75) is 32.7 Å². The van der Waals surface area contributed by atoms with E-state index in [9.17, 15) is 4.39 Å². The molecule has 1 heterocycles. The fourth-order valence-electron chi connectivity index (χ4n) is 2.00. The summed E-state index contributed by atoms with van der Waals surface area (Å²) in [6.45, 7) is 6.42. The highest BCUT2D eigenvalue weighted by atomic mass is 19.1. The Hall–Kier alpha value is -1.91. The van der Waals surface area contributed by atoms with Gasteiger partial charge in [-0.1, -0.05) is 44.2 Å². The highest BCUT2D eigenvalue weighted by Crippen LogP contribution is 2.26. The number of benzene rings is 1. The Morgan fingerprint density at radius 1 is 1.28 bits per heavy atom. The maximum atomic E-state index is 13.6. The molecule has 96 valence electrons. The van der Waals surface area contributed by atoms with Crippen molar-refractivity contribution in [1.29, 1.82) is 0 Å². The Kier molecular flexibility index (Phi) is 3.07. The van der Waals surface area contributed by atoms with E-state index >= 15 is 0 Å². The monoisotopic (exact) mass is 248 g/mol. The number of rotatable bonds is 2. The van der Waals surface area contributed by atoms with E-state index < -0.39 is 0 Å². The van der Waals surface area contributed by atoms with Crippen LogP contribution in [-0.2, 0) is 12.0 Å². The summed E-state index contributed by atoms with van der Waals surface area (Å²) in [5.41, 5.74) is 7.05. The minimum Gasteiger partial charge on any atom is -0.381 e. The summed E-state index contributed by atoms with van der Waals surface area (Å²) in [4.78, 5) is 0. The second-order valence-electron chi connectivity index (χ2n) is 5.32. The predicted octanol–water partition coefficient (Wildman–Crippen LogP) is 2.35. The highest BCUT2D eigenvalue weighted by molar-refractivity contribution is 5.38. The van der Waals surface area contributed by atoms with E-state index in [-0.39, 0.29) is 11.2 Å². The van der Waals surface area contributed by atoms with E-state index in [4.69, 9.17) is 5.73 Å². The van der Waals surface area contributed by atoms with Crippen molar-refractivity contribution in [2.75, 3.05) is 5.73 Å². The van der Waals surface area contributed by atoms with Crippen molar-refractivity contribution in [1.82, 2.24) is 15.0 Å². The van der Waals surface area contributed by atoms with Gasteiger partial charge in [-0.25, -0.2) is 9.07 Å². The topological polar surface area (TPSA) is 56.7 Å². The molecule has 2 N–H and O–H groups in total. The van der Waals surface area contributed by atoms with Gasteiger partial charge in [0.15, 0.2) is 5.82 Å². The summed E-state index contributed by atoms with van der Waals surface area (Å²) in [5.74, 6) is 0.158. The zero-order chi connectivity index (χ0) is 13.3. The molecule has 1 aromatic carbocycles. The van der Waals surface area contributed by atoms with Crippen molar-refractivity contribution < 1.29 is 4.39 Å². The molecule has 0 amide bonds. The van der Waals surface area contributed by atoms with Crippen LogP contribution in [0.4, 0.5) is 10.2 Å². The van der Waals surface area contributed by atoms with Gasteiger partial charge in [0.25, 0.3) is 0 Å². The number of anilines is 1. The lowest BCUT2D eigenvalue weighted by molar-refractivity contribution is 0.494. The quantitative estimate of drug-likeness (QED) is 0.887. The van der Waals surface area contributed by atoms with Crippen LogP contribution in [-0.4, -0.2) is 15.0 Å². The van der Waals surface area contributed by atoms with Gasteiger partial charge >= 0.3 is 0 Å². The molecule has 18 heavy (non-hydrogen) atoms. The summed E-state index contributed by atoms with van der Waals surface area (Å²) < 4.78 is 15.3. The Bertz CT molecular complexity index is 554. The maximum absolute atomic E-state index is 13.6. The van der Waals surface area contributed by atoms with Crippen LogP contribution in [0.3, 0.4) is 0 Å². The van der Waals surface area contributed by atoms with Crippen LogP contribution in [0.25, 0.3) is 0 Å². The molecule has 0 unspecified atom stereocenters. The smallest absolute Gasteiger partial charge is 0.169 e. The lowest BCUT2D eigenvalue weighted by Crippen LogP contribution is -2.20. The van der Waals surface area contributed by atoms with E-state index in [0.29, 0.717) is 17.9 Å². The SMILES string of the molecule is CC(C)(C)c1c(N)nnn1Cc1ccccc1F. The molecule has 0 saturated heterocycles. The van der Waals surface area contributed by atoms with Gasteiger partial charge in [-0.05, 0) is 6.07 Å². The molecule has 5 heteroatoms. The largest absolute Gasteiger partial charge is 0.381 e. The molecule has 0 fully saturated rings. The van der Waals surface area contributed by atoms with Gasteiger partial charge in [0, 0.05) is 11.0 Å². The first-order chi connectivity index (χ1) is 8.39. The number of nitrogens with two attached hydrogens (primary N) is 1. The summed E-state index contributed by atoms with van der Waals surface area (Å²) in [6, 6.07) is 6.64. The van der Waals surface area contributed by atoms with Gasteiger partial charge in [-0.2, -0.15) is 0 Å². The number of hydrogen-bond donors (Lipinski definition) is 1. The number of hydrogen-bond acceptors (Lipinski definition) is 3. The number of halogens is 1. The standard InChI is InChI=1S/C13H17FN4/c1-13(2,3)11-12(15)16-17-18(11)8-9-6-4-5-7-10(9)14/h4-7H,8,15H2,1-3H3. The summed E-state index contributed by atoms with van der Waals surface area (Å²) in [5, 5.41) is 7.87. The highest BCUT2D eigenvalue weighted by Gasteiger charge is 2.24.